The van der Waals surface area contributed by atoms with Crippen LogP contribution in [0.25, 0.3) is 0 Å². The number of nitrogens with two attached hydrogens (primary N) is 1. The van der Waals surface area contributed by atoms with Gasteiger partial charge in [-0.05, 0) is 43.0 Å². The van der Waals surface area contributed by atoms with Crippen molar-refractivity contribution in [1.29, 1.82) is 0 Å². The third-order valence-corrected chi connectivity index (χ3v) is 5.42. The third kappa shape index (κ3) is 6.39. The van der Waals surface area contributed by atoms with Gasteiger partial charge in [0.1, 0.15) is 12.4 Å². The van der Waals surface area contributed by atoms with Gasteiger partial charge in [-0.1, -0.05) is 0 Å². The summed E-state index contributed by atoms with van der Waals surface area (Å²) < 4.78 is 53.0. The lowest BCUT2D eigenvalue weighted by molar-refractivity contribution is 0.0305. The van der Waals surface area contributed by atoms with E-state index in [2.05, 4.69) is 0 Å². The van der Waals surface area contributed by atoms with Crippen molar-refractivity contribution >= 4 is 9.84 Å². The summed E-state index contributed by atoms with van der Waals surface area (Å²) in [5, 5.41) is 0. The molecule has 25 heavy (non-hydrogen) atoms. The second-order valence-electron chi connectivity index (χ2n) is 5.89. The molecule has 2 N–H and O–H groups in total. The molecule has 0 bridgehead atoms. The zero-order valence-corrected chi connectivity index (χ0v) is 14.8. The summed E-state index contributed by atoms with van der Waals surface area (Å²) in [4.78, 5) is 0.159. The molecule has 140 valence electrons. The summed E-state index contributed by atoms with van der Waals surface area (Å²) in [5.41, 5.74) is 5.66. The lowest BCUT2D eigenvalue weighted by atomic mass is 10.0. The molecule has 1 aromatic carbocycles. The Hall–Kier alpha value is -1.48. The predicted molar refractivity (Wildman–Crippen MR) is 91.7 cm³/mol. The lowest BCUT2D eigenvalue weighted by Gasteiger charge is -2.21. The van der Waals surface area contributed by atoms with Gasteiger partial charge in [0.05, 0.1) is 17.8 Å². The van der Waals surface area contributed by atoms with Gasteiger partial charge in [0.25, 0.3) is 0 Å². The third-order valence-electron chi connectivity index (χ3n) is 3.96. The molecule has 0 radical (unpaired) electrons. The summed E-state index contributed by atoms with van der Waals surface area (Å²) in [5.74, 6) is 0.432. The molecule has 0 unspecified atom stereocenters. The van der Waals surface area contributed by atoms with Crippen molar-refractivity contribution in [2.24, 2.45) is 11.7 Å². The fraction of sp³-hybridized carbons (Fsp3) is 0.529. The van der Waals surface area contributed by atoms with Gasteiger partial charge in [-0.25, -0.2) is 12.8 Å². The number of ether oxygens (including phenoxy) is 3. The molecule has 1 fully saturated rings. The van der Waals surface area contributed by atoms with E-state index in [1.54, 1.807) is 0 Å². The molecule has 6 nitrogen and oxygen atoms in total. The molecule has 1 aliphatic heterocycles. The first-order valence-corrected chi connectivity index (χ1v) is 9.79. The molecular weight excluding hydrogens is 349 g/mol. The highest BCUT2D eigenvalue weighted by atomic mass is 32.2. The van der Waals surface area contributed by atoms with Crippen LogP contribution in [0.3, 0.4) is 0 Å². The minimum atomic E-state index is -3.52. The number of hydrogen-bond donors (Lipinski definition) is 1. The van der Waals surface area contributed by atoms with Crippen LogP contribution in [0.5, 0.6) is 5.75 Å². The summed E-state index contributed by atoms with van der Waals surface area (Å²) in [6.07, 6.45) is 2.20. The average Bonchev–Trinajstić information content (AvgIpc) is 2.64. The molecule has 1 saturated heterocycles. The van der Waals surface area contributed by atoms with Crippen molar-refractivity contribution in [3.8, 4) is 5.75 Å². The minimum Gasteiger partial charge on any atom is -0.489 e. The van der Waals surface area contributed by atoms with Crippen LogP contribution in [0.2, 0.25) is 0 Å². The number of sulfone groups is 1. The Morgan fingerprint density at radius 3 is 2.56 bits per heavy atom. The minimum absolute atomic E-state index is 0.0211. The van der Waals surface area contributed by atoms with Crippen LogP contribution in [-0.4, -0.2) is 47.3 Å². The Kier molecular flexibility index (Phi) is 7.83. The van der Waals surface area contributed by atoms with Crippen molar-refractivity contribution < 1.29 is 27.0 Å². The van der Waals surface area contributed by atoms with E-state index < -0.39 is 9.84 Å². The summed E-state index contributed by atoms with van der Waals surface area (Å²) in [6.45, 7) is 1.90. The molecule has 1 aromatic rings. The fourth-order valence-corrected chi connectivity index (χ4v) is 3.36. The standard InChI is InChI=1S/C17H24FNO5S/c18-9-15(10-19)12-24-16-1-3-17(4-2-16)25(20,21)13-23-11-14-5-7-22-8-6-14/h1-4,9,14H,5-8,10-13,19H2/b15-9+. The first-order chi connectivity index (χ1) is 12.0. The van der Waals surface area contributed by atoms with Gasteiger partial charge in [0.15, 0.2) is 5.94 Å². The van der Waals surface area contributed by atoms with E-state index in [1.165, 1.54) is 24.3 Å². The maximum atomic E-state index is 12.4. The van der Waals surface area contributed by atoms with E-state index in [9.17, 15) is 12.8 Å². The van der Waals surface area contributed by atoms with Gasteiger partial charge in [0, 0.05) is 25.3 Å². The Morgan fingerprint density at radius 1 is 1.28 bits per heavy atom. The van der Waals surface area contributed by atoms with Crippen LogP contribution in [0.1, 0.15) is 12.8 Å². The van der Waals surface area contributed by atoms with Crippen LogP contribution in [0, 0.1) is 5.92 Å². The Morgan fingerprint density at radius 2 is 1.96 bits per heavy atom. The first-order valence-electron chi connectivity index (χ1n) is 8.14. The zero-order valence-electron chi connectivity index (χ0n) is 14.0. The van der Waals surface area contributed by atoms with E-state index in [0.29, 0.717) is 43.4 Å². The average molecular weight is 373 g/mol. The van der Waals surface area contributed by atoms with Crippen molar-refractivity contribution in [3.63, 3.8) is 0 Å². The molecule has 1 aliphatic rings. The van der Waals surface area contributed by atoms with Crippen LogP contribution in [-0.2, 0) is 19.3 Å². The van der Waals surface area contributed by atoms with Gasteiger partial charge >= 0.3 is 0 Å². The largest absolute Gasteiger partial charge is 0.489 e. The maximum absolute atomic E-state index is 12.4. The molecular formula is C17H24FNO5S. The highest BCUT2D eigenvalue weighted by Crippen LogP contribution is 2.19. The van der Waals surface area contributed by atoms with Crippen molar-refractivity contribution in [2.45, 2.75) is 17.7 Å². The predicted octanol–water partition coefficient (Wildman–Crippen LogP) is 2.05. The number of benzene rings is 1. The van der Waals surface area contributed by atoms with Gasteiger partial charge in [-0.3, -0.25) is 0 Å². The molecule has 0 aliphatic carbocycles. The van der Waals surface area contributed by atoms with Crippen LogP contribution < -0.4 is 10.5 Å². The highest BCUT2D eigenvalue weighted by molar-refractivity contribution is 7.91. The normalized spacial score (nSPS) is 16.8. The Labute approximate surface area is 147 Å². The monoisotopic (exact) mass is 373 g/mol. The van der Waals surface area contributed by atoms with E-state index in [1.807, 2.05) is 0 Å². The van der Waals surface area contributed by atoms with E-state index in [-0.39, 0.29) is 24.0 Å². The lowest BCUT2D eigenvalue weighted by Crippen LogP contribution is -2.22. The number of rotatable bonds is 9. The van der Waals surface area contributed by atoms with Gasteiger partial charge < -0.3 is 19.9 Å². The number of hydrogen-bond acceptors (Lipinski definition) is 6. The molecule has 2 rings (SSSR count). The summed E-state index contributed by atoms with van der Waals surface area (Å²) >= 11 is 0. The van der Waals surface area contributed by atoms with Gasteiger partial charge in [-0.15, -0.1) is 0 Å². The molecule has 1 heterocycles. The van der Waals surface area contributed by atoms with Crippen molar-refractivity contribution in [3.05, 3.63) is 36.2 Å². The summed E-state index contributed by atoms with van der Waals surface area (Å²) in [6, 6.07) is 5.95. The SMILES string of the molecule is NC/C(=C\F)COc1ccc(S(=O)(=O)COCC2CCOCC2)cc1. The topological polar surface area (TPSA) is 87.9 Å². The molecule has 8 heteroatoms. The molecule has 0 amide bonds. The molecule has 0 spiro atoms. The summed E-state index contributed by atoms with van der Waals surface area (Å²) in [7, 11) is -3.52. The quantitative estimate of drug-likeness (QED) is 0.713. The second kappa shape index (κ2) is 9.86. The van der Waals surface area contributed by atoms with Gasteiger partial charge in [0.2, 0.25) is 9.84 Å². The van der Waals surface area contributed by atoms with Crippen LogP contribution in [0.15, 0.2) is 41.1 Å². The second-order valence-corrected chi connectivity index (χ2v) is 7.83. The smallest absolute Gasteiger partial charge is 0.202 e. The molecule has 0 saturated carbocycles. The molecule has 0 aromatic heterocycles. The van der Waals surface area contributed by atoms with Crippen LogP contribution >= 0.6 is 0 Å². The fourth-order valence-electron chi connectivity index (χ4n) is 2.36. The van der Waals surface area contributed by atoms with E-state index in [4.69, 9.17) is 19.9 Å². The van der Waals surface area contributed by atoms with E-state index >= 15 is 0 Å². The van der Waals surface area contributed by atoms with E-state index in [0.717, 1.165) is 12.8 Å². The molecule has 0 atom stereocenters. The zero-order chi connectivity index (χ0) is 18.1. The Balaban J connectivity index is 1.84. The maximum Gasteiger partial charge on any atom is 0.202 e. The highest BCUT2D eigenvalue weighted by Gasteiger charge is 2.18. The van der Waals surface area contributed by atoms with Gasteiger partial charge in [-0.2, -0.15) is 0 Å². The van der Waals surface area contributed by atoms with Crippen molar-refractivity contribution in [1.82, 2.24) is 0 Å². The Bertz CT molecular complexity index is 654. The number of halogens is 1. The van der Waals surface area contributed by atoms with Crippen molar-refractivity contribution in [2.75, 3.05) is 38.9 Å². The van der Waals surface area contributed by atoms with Crippen LogP contribution in [0.4, 0.5) is 4.39 Å². The first kappa shape index (κ1) is 19.8.